The maximum atomic E-state index is 11.9. The molecule has 1 N–H and O–H groups in total. The van der Waals surface area contributed by atoms with Gasteiger partial charge in [0.05, 0.1) is 12.7 Å². The van der Waals surface area contributed by atoms with Crippen LogP contribution in [0.5, 0.6) is 0 Å². The Labute approximate surface area is 127 Å². The monoisotopic (exact) mass is 290 g/mol. The maximum Gasteiger partial charge on any atom is 0.338 e. The number of nitrogens with zero attached hydrogens (tertiary/aromatic N) is 1. The Kier molecular flexibility index (Phi) is 5.76. The van der Waals surface area contributed by atoms with Gasteiger partial charge in [0.15, 0.2) is 0 Å². The standard InChI is InChI=1S/C17H26N2O2/c1-13(2)10-15-11-18-8-9-19(15)12-14-6-4-5-7-16(14)17(20)21-3/h4-7,13,15,18H,8-12H2,1-3H3/t15-/m1/s1. The van der Waals surface area contributed by atoms with E-state index >= 15 is 0 Å². The third kappa shape index (κ3) is 4.29. The molecule has 4 heteroatoms. The number of ether oxygens (including phenoxy) is 1. The summed E-state index contributed by atoms with van der Waals surface area (Å²) in [5.74, 6) is 0.425. The van der Waals surface area contributed by atoms with Crippen molar-refractivity contribution in [3.8, 4) is 0 Å². The molecule has 0 unspecified atom stereocenters. The number of piperazine rings is 1. The third-order valence-corrected chi connectivity index (χ3v) is 4.01. The number of nitrogens with one attached hydrogen (secondary N) is 1. The van der Waals surface area contributed by atoms with E-state index in [-0.39, 0.29) is 5.97 Å². The van der Waals surface area contributed by atoms with E-state index in [1.54, 1.807) is 0 Å². The van der Waals surface area contributed by atoms with Crippen LogP contribution < -0.4 is 5.32 Å². The second kappa shape index (κ2) is 7.57. The van der Waals surface area contributed by atoms with E-state index in [0.717, 1.165) is 31.7 Å². The lowest BCUT2D eigenvalue weighted by Gasteiger charge is -2.37. The van der Waals surface area contributed by atoms with Crippen LogP contribution in [-0.4, -0.2) is 43.7 Å². The Morgan fingerprint density at radius 2 is 2.19 bits per heavy atom. The van der Waals surface area contributed by atoms with Crippen LogP contribution in [0.25, 0.3) is 0 Å². The first-order valence-corrected chi connectivity index (χ1v) is 7.72. The second-order valence-electron chi connectivity index (χ2n) is 6.11. The van der Waals surface area contributed by atoms with Crippen molar-refractivity contribution in [1.82, 2.24) is 10.2 Å². The summed E-state index contributed by atoms with van der Waals surface area (Å²) in [5, 5.41) is 3.47. The fourth-order valence-electron chi connectivity index (χ4n) is 2.97. The number of esters is 1. The predicted molar refractivity (Wildman–Crippen MR) is 84.3 cm³/mol. The number of benzene rings is 1. The van der Waals surface area contributed by atoms with Crippen LogP contribution in [0.1, 0.15) is 36.2 Å². The van der Waals surface area contributed by atoms with E-state index < -0.39 is 0 Å². The molecule has 0 saturated carbocycles. The van der Waals surface area contributed by atoms with E-state index in [2.05, 4.69) is 24.1 Å². The van der Waals surface area contributed by atoms with Gasteiger partial charge >= 0.3 is 5.97 Å². The third-order valence-electron chi connectivity index (χ3n) is 4.01. The summed E-state index contributed by atoms with van der Waals surface area (Å²) in [5.41, 5.74) is 1.74. The number of hydrogen-bond donors (Lipinski definition) is 1. The predicted octanol–water partition coefficient (Wildman–Crippen LogP) is 2.29. The number of rotatable bonds is 5. The van der Waals surface area contributed by atoms with Gasteiger partial charge in [-0.3, -0.25) is 4.90 Å². The lowest BCUT2D eigenvalue weighted by Crippen LogP contribution is -2.51. The van der Waals surface area contributed by atoms with Crippen molar-refractivity contribution in [1.29, 1.82) is 0 Å². The number of carbonyl (C=O) groups is 1. The Bertz CT molecular complexity index is 474. The average molecular weight is 290 g/mol. The topological polar surface area (TPSA) is 41.6 Å². The summed E-state index contributed by atoms with van der Waals surface area (Å²) in [6.45, 7) is 8.38. The van der Waals surface area contributed by atoms with Gasteiger partial charge in [0, 0.05) is 32.2 Å². The van der Waals surface area contributed by atoms with E-state index in [1.807, 2.05) is 24.3 Å². The zero-order chi connectivity index (χ0) is 15.2. The number of hydrogen-bond acceptors (Lipinski definition) is 4. The lowest BCUT2D eigenvalue weighted by molar-refractivity contribution is 0.0596. The summed E-state index contributed by atoms with van der Waals surface area (Å²) in [6.07, 6.45) is 1.17. The Balaban J connectivity index is 2.13. The van der Waals surface area contributed by atoms with Crippen LogP contribution in [0.2, 0.25) is 0 Å². The van der Waals surface area contributed by atoms with Crippen LogP contribution in [0.4, 0.5) is 0 Å². The van der Waals surface area contributed by atoms with Crippen LogP contribution in [0.15, 0.2) is 24.3 Å². The Morgan fingerprint density at radius 3 is 2.90 bits per heavy atom. The zero-order valence-electron chi connectivity index (χ0n) is 13.3. The fraction of sp³-hybridized carbons (Fsp3) is 0.588. The van der Waals surface area contributed by atoms with Gasteiger partial charge in [-0.05, 0) is 24.0 Å². The molecular formula is C17H26N2O2. The van der Waals surface area contributed by atoms with Crippen molar-refractivity contribution in [2.75, 3.05) is 26.7 Å². The summed E-state index contributed by atoms with van der Waals surface area (Å²) >= 11 is 0. The van der Waals surface area contributed by atoms with Crippen LogP contribution in [0, 0.1) is 5.92 Å². The molecule has 0 amide bonds. The van der Waals surface area contributed by atoms with Crippen molar-refractivity contribution in [3.05, 3.63) is 35.4 Å². The second-order valence-corrected chi connectivity index (χ2v) is 6.11. The highest BCUT2D eigenvalue weighted by molar-refractivity contribution is 5.90. The van der Waals surface area contributed by atoms with Crippen LogP contribution >= 0.6 is 0 Å². The first-order valence-electron chi connectivity index (χ1n) is 7.72. The highest BCUT2D eigenvalue weighted by atomic mass is 16.5. The van der Waals surface area contributed by atoms with Crippen molar-refractivity contribution in [2.24, 2.45) is 5.92 Å². The van der Waals surface area contributed by atoms with Gasteiger partial charge in [0.1, 0.15) is 0 Å². The van der Waals surface area contributed by atoms with Crippen molar-refractivity contribution in [2.45, 2.75) is 32.9 Å². The van der Waals surface area contributed by atoms with Gasteiger partial charge in [-0.15, -0.1) is 0 Å². The highest BCUT2D eigenvalue weighted by Crippen LogP contribution is 2.19. The molecule has 21 heavy (non-hydrogen) atoms. The van der Waals surface area contributed by atoms with E-state index in [1.165, 1.54) is 13.5 Å². The highest BCUT2D eigenvalue weighted by Gasteiger charge is 2.24. The molecule has 4 nitrogen and oxygen atoms in total. The van der Waals surface area contributed by atoms with Gasteiger partial charge in [-0.2, -0.15) is 0 Å². The van der Waals surface area contributed by atoms with Gasteiger partial charge < -0.3 is 10.1 Å². The zero-order valence-corrected chi connectivity index (χ0v) is 13.3. The van der Waals surface area contributed by atoms with E-state index in [9.17, 15) is 4.79 Å². The minimum Gasteiger partial charge on any atom is -0.465 e. The van der Waals surface area contributed by atoms with Crippen LogP contribution in [-0.2, 0) is 11.3 Å². The van der Waals surface area contributed by atoms with Crippen molar-refractivity contribution >= 4 is 5.97 Å². The smallest absolute Gasteiger partial charge is 0.338 e. The van der Waals surface area contributed by atoms with Gasteiger partial charge in [-0.1, -0.05) is 32.0 Å². The summed E-state index contributed by atoms with van der Waals surface area (Å²) < 4.78 is 4.89. The summed E-state index contributed by atoms with van der Waals surface area (Å²) in [6, 6.07) is 8.28. The van der Waals surface area contributed by atoms with E-state index in [0.29, 0.717) is 17.5 Å². The number of methoxy groups -OCH3 is 1. The molecule has 0 bridgehead atoms. The molecule has 1 aromatic carbocycles. The molecule has 2 rings (SSSR count). The van der Waals surface area contributed by atoms with Crippen LogP contribution in [0.3, 0.4) is 0 Å². The molecule has 1 atom stereocenters. The molecule has 116 valence electrons. The molecule has 0 radical (unpaired) electrons. The van der Waals surface area contributed by atoms with Crippen molar-refractivity contribution in [3.63, 3.8) is 0 Å². The van der Waals surface area contributed by atoms with Gasteiger partial charge in [0.2, 0.25) is 0 Å². The minimum absolute atomic E-state index is 0.249. The molecule has 1 aliphatic heterocycles. The summed E-state index contributed by atoms with van der Waals surface area (Å²) in [7, 11) is 1.44. The van der Waals surface area contributed by atoms with Gasteiger partial charge in [0.25, 0.3) is 0 Å². The van der Waals surface area contributed by atoms with E-state index in [4.69, 9.17) is 4.74 Å². The molecule has 1 aliphatic rings. The molecule has 1 fully saturated rings. The molecule has 0 spiro atoms. The van der Waals surface area contributed by atoms with Gasteiger partial charge in [-0.25, -0.2) is 4.79 Å². The van der Waals surface area contributed by atoms with Crippen molar-refractivity contribution < 1.29 is 9.53 Å². The minimum atomic E-state index is -0.249. The largest absolute Gasteiger partial charge is 0.465 e. The molecule has 1 aromatic rings. The summed E-state index contributed by atoms with van der Waals surface area (Å²) in [4.78, 5) is 14.4. The SMILES string of the molecule is COC(=O)c1ccccc1CN1CCNC[C@H]1CC(C)C. The maximum absolute atomic E-state index is 11.9. The molecule has 0 aromatic heterocycles. The molecule has 1 saturated heterocycles. The Hall–Kier alpha value is -1.39. The quantitative estimate of drug-likeness (QED) is 0.845. The molecular weight excluding hydrogens is 264 g/mol. The first kappa shape index (κ1) is 16.0. The lowest BCUT2D eigenvalue weighted by atomic mass is 9.99. The molecule has 1 heterocycles. The fourth-order valence-corrected chi connectivity index (χ4v) is 2.97. The number of carbonyl (C=O) groups excluding carboxylic acids is 1. The molecule has 0 aliphatic carbocycles. The normalized spacial score (nSPS) is 19.7. The Morgan fingerprint density at radius 1 is 1.43 bits per heavy atom. The average Bonchev–Trinajstić information content (AvgIpc) is 2.48. The first-order chi connectivity index (χ1) is 10.1.